The van der Waals surface area contributed by atoms with E-state index in [2.05, 4.69) is 43.5 Å². The van der Waals surface area contributed by atoms with Crippen molar-refractivity contribution < 1.29 is 4.74 Å². The fourth-order valence-electron chi connectivity index (χ4n) is 4.57. The Balaban J connectivity index is 1.53. The predicted molar refractivity (Wildman–Crippen MR) is 96.1 cm³/mol. The molecule has 128 valence electrons. The van der Waals surface area contributed by atoms with Gasteiger partial charge in [0.05, 0.1) is 13.2 Å². The van der Waals surface area contributed by atoms with Crippen molar-refractivity contribution in [3.63, 3.8) is 0 Å². The summed E-state index contributed by atoms with van der Waals surface area (Å²) in [6.45, 7) is 10.5. The minimum absolute atomic E-state index is 0.548. The third kappa shape index (κ3) is 4.14. The van der Waals surface area contributed by atoms with Crippen molar-refractivity contribution in [2.45, 2.75) is 58.5 Å². The monoisotopic (exact) mass is 316 g/mol. The van der Waals surface area contributed by atoms with Crippen molar-refractivity contribution in [2.24, 2.45) is 5.92 Å². The van der Waals surface area contributed by atoms with Crippen LogP contribution in [0.4, 0.5) is 0 Å². The summed E-state index contributed by atoms with van der Waals surface area (Å²) >= 11 is 0. The van der Waals surface area contributed by atoms with Gasteiger partial charge in [0.2, 0.25) is 0 Å². The maximum atomic E-state index is 5.67. The van der Waals surface area contributed by atoms with Crippen molar-refractivity contribution in [3.8, 4) is 0 Å². The average Bonchev–Trinajstić information content (AvgIpc) is 2.99. The van der Waals surface area contributed by atoms with Gasteiger partial charge in [-0.05, 0) is 69.2 Å². The van der Waals surface area contributed by atoms with E-state index < -0.39 is 0 Å². The molecule has 1 saturated carbocycles. The number of rotatable bonds is 5. The molecule has 3 rings (SSSR count). The van der Waals surface area contributed by atoms with Crippen LogP contribution in [0.5, 0.6) is 0 Å². The molecule has 0 spiro atoms. The lowest BCUT2D eigenvalue weighted by atomic mass is 9.93. The second kappa shape index (κ2) is 7.78. The van der Waals surface area contributed by atoms with Crippen LogP contribution >= 0.6 is 0 Å². The van der Waals surface area contributed by atoms with E-state index in [1.54, 1.807) is 0 Å². The fraction of sp³-hybridized carbons (Fsp3) is 0.700. The Morgan fingerprint density at radius 3 is 2.65 bits per heavy atom. The third-order valence-corrected chi connectivity index (χ3v) is 5.66. The summed E-state index contributed by atoms with van der Waals surface area (Å²) in [6.07, 6.45) is 5.13. The molecule has 23 heavy (non-hydrogen) atoms. The quantitative estimate of drug-likeness (QED) is 0.876. The number of nitrogens with one attached hydrogen (secondary N) is 2. The second-order valence-electron chi connectivity index (χ2n) is 7.42. The molecule has 1 aliphatic heterocycles. The zero-order valence-electron chi connectivity index (χ0n) is 15.0. The molecule has 3 nitrogen and oxygen atoms in total. The molecule has 1 saturated heterocycles. The maximum Gasteiger partial charge on any atom is 0.0623 e. The first kappa shape index (κ1) is 16.9. The summed E-state index contributed by atoms with van der Waals surface area (Å²) in [5.41, 5.74) is 5.77. The molecule has 0 aromatic heterocycles. The van der Waals surface area contributed by atoms with Crippen LogP contribution in [-0.2, 0) is 11.2 Å². The van der Waals surface area contributed by atoms with Gasteiger partial charge in [-0.2, -0.15) is 0 Å². The third-order valence-electron chi connectivity index (χ3n) is 5.66. The van der Waals surface area contributed by atoms with Gasteiger partial charge in [-0.25, -0.2) is 0 Å². The largest absolute Gasteiger partial charge is 0.379 e. The van der Waals surface area contributed by atoms with Gasteiger partial charge in [0.25, 0.3) is 0 Å². The lowest BCUT2D eigenvalue weighted by Crippen LogP contribution is -2.51. The van der Waals surface area contributed by atoms with Gasteiger partial charge in [0, 0.05) is 18.6 Å². The molecule has 3 heteroatoms. The van der Waals surface area contributed by atoms with Crippen LogP contribution in [0.2, 0.25) is 0 Å². The molecule has 1 aliphatic carbocycles. The van der Waals surface area contributed by atoms with Gasteiger partial charge in [-0.1, -0.05) is 24.1 Å². The Bertz CT molecular complexity index is 499. The smallest absolute Gasteiger partial charge is 0.0623 e. The maximum absolute atomic E-state index is 5.67. The molecule has 3 unspecified atom stereocenters. The Labute approximate surface area is 141 Å². The minimum atomic E-state index is 0.548. The van der Waals surface area contributed by atoms with E-state index >= 15 is 0 Å². The van der Waals surface area contributed by atoms with Gasteiger partial charge in [-0.3, -0.25) is 0 Å². The zero-order chi connectivity index (χ0) is 16.2. The van der Waals surface area contributed by atoms with E-state index in [9.17, 15) is 0 Å². The van der Waals surface area contributed by atoms with E-state index in [1.165, 1.54) is 41.5 Å². The summed E-state index contributed by atoms with van der Waals surface area (Å²) in [6, 6.07) is 5.82. The number of hydrogen-bond donors (Lipinski definition) is 2. The number of aryl methyl sites for hydroxylation is 3. The Hall–Kier alpha value is -0.900. The summed E-state index contributed by atoms with van der Waals surface area (Å²) in [5, 5.41) is 7.51. The molecular formula is C20H32N2O. The van der Waals surface area contributed by atoms with Crippen molar-refractivity contribution in [1.29, 1.82) is 0 Å². The molecule has 0 bridgehead atoms. The van der Waals surface area contributed by atoms with E-state index in [4.69, 9.17) is 4.74 Å². The first-order chi connectivity index (χ1) is 11.1. The topological polar surface area (TPSA) is 33.3 Å². The van der Waals surface area contributed by atoms with E-state index in [-0.39, 0.29) is 0 Å². The standard InChI is InChI=1S/C20H32N2O/c1-14-11-15(2)17(16(3)12-14)7-8-21-19-6-4-5-18(19)20-13-23-10-9-22-20/h11-12,18-22H,4-10,13H2,1-3H3. The van der Waals surface area contributed by atoms with Crippen LogP contribution < -0.4 is 10.6 Å². The van der Waals surface area contributed by atoms with Gasteiger partial charge in [0.15, 0.2) is 0 Å². The van der Waals surface area contributed by atoms with Crippen molar-refractivity contribution in [1.82, 2.24) is 10.6 Å². The van der Waals surface area contributed by atoms with Gasteiger partial charge in [0.1, 0.15) is 0 Å². The lowest BCUT2D eigenvalue weighted by Gasteiger charge is -2.33. The summed E-state index contributed by atoms with van der Waals surface area (Å²) < 4.78 is 5.67. The molecule has 2 aliphatic rings. The highest BCUT2D eigenvalue weighted by molar-refractivity contribution is 5.37. The average molecular weight is 316 g/mol. The number of hydrogen-bond acceptors (Lipinski definition) is 3. The summed E-state index contributed by atoms with van der Waals surface area (Å²) in [7, 11) is 0. The summed E-state index contributed by atoms with van der Waals surface area (Å²) in [5.74, 6) is 0.732. The molecular weight excluding hydrogens is 284 g/mol. The first-order valence-corrected chi connectivity index (χ1v) is 9.26. The highest BCUT2D eigenvalue weighted by atomic mass is 16.5. The molecule has 0 amide bonds. The molecule has 2 N–H and O–H groups in total. The molecule has 3 atom stereocenters. The molecule has 0 radical (unpaired) electrons. The molecule has 1 aromatic rings. The highest BCUT2D eigenvalue weighted by Crippen LogP contribution is 2.29. The van der Waals surface area contributed by atoms with E-state index in [0.29, 0.717) is 12.1 Å². The molecule has 1 heterocycles. The Morgan fingerprint density at radius 1 is 1.17 bits per heavy atom. The Morgan fingerprint density at radius 2 is 1.96 bits per heavy atom. The van der Waals surface area contributed by atoms with E-state index in [1.807, 2.05) is 0 Å². The normalized spacial score (nSPS) is 28.2. The van der Waals surface area contributed by atoms with Crippen LogP contribution in [-0.4, -0.2) is 38.4 Å². The van der Waals surface area contributed by atoms with Crippen molar-refractivity contribution in [3.05, 3.63) is 34.4 Å². The second-order valence-corrected chi connectivity index (χ2v) is 7.42. The number of morpholine rings is 1. The first-order valence-electron chi connectivity index (χ1n) is 9.26. The Kier molecular flexibility index (Phi) is 5.73. The lowest BCUT2D eigenvalue weighted by molar-refractivity contribution is 0.0526. The van der Waals surface area contributed by atoms with Crippen LogP contribution in [0.1, 0.15) is 41.5 Å². The number of benzene rings is 1. The van der Waals surface area contributed by atoms with Crippen LogP contribution in [0.3, 0.4) is 0 Å². The predicted octanol–water partition coefficient (Wildman–Crippen LogP) is 2.90. The van der Waals surface area contributed by atoms with Crippen LogP contribution in [0, 0.1) is 26.7 Å². The zero-order valence-corrected chi connectivity index (χ0v) is 15.0. The van der Waals surface area contributed by atoms with E-state index in [0.717, 1.165) is 38.6 Å². The molecule has 2 fully saturated rings. The van der Waals surface area contributed by atoms with Gasteiger partial charge >= 0.3 is 0 Å². The van der Waals surface area contributed by atoms with Crippen molar-refractivity contribution >= 4 is 0 Å². The summed E-state index contributed by atoms with van der Waals surface area (Å²) in [4.78, 5) is 0. The van der Waals surface area contributed by atoms with Crippen LogP contribution in [0.25, 0.3) is 0 Å². The van der Waals surface area contributed by atoms with Crippen molar-refractivity contribution in [2.75, 3.05) is 26.3 Å². The minimum Gasteiger partial charge on any atom is -0.379 e. The van der Waals surface area contributed by atoms with Gasteiger partial charge in [-0.15, -0.1) is 0 Å². The highest BCUT2D eigenvalue weighted by Gasteiger charge is 2.34. The SMILES string of the molecule is Cc1cc(C)c(CCNC2CCCC2C2COCCN2)c(C)c1. The van der Waals surface area contributed by atoms with Crippen LogP contribution in [0.15, 0.2) is 12.1 Å². The van der Waals surface area contributed by atoms with Gasteiger partial charge < -0.3 is 15.4 Å². The fourth-order valence-corrected chi connectivity index (χ4v) is 4.57. The molecule has 1 aromatic carbocycles. The number of ether oxygens (including phenoxy) is 1.